The highest BCUT2D eigenvalue weighted by atomic mass is 32.1. The van der Waals surface area contributed by atoms with E-state index in [-0.39, 0.29) is 12.5 Å². The molecule has 3 aromatic rings. The van der Waals surface area contributed by atoms with Crippen LogP contribution in [0.4, 0.5) is 10.8 Å². The van der Waals surface area contributed by atoms with Crippen molar-refractivity contribution in [2.75, 3.05) is 42.5 Å². The summed E-state index contributed by atoms with van der Waals surface area (Å²) in [6, 6.07) is 11.1. The van der Waals surface area contributed by atoms with Gasteiger partial charge in [-0.2, -0.15) is 0 Å². The molecule has 3 N–H and O–H groups in total. The molecule has 1 saturated heterocycles. The Hall–Kier alpha value is -3.99. The fraction of sp³-hybridized carbons (Fsp3) is 0.346. The molecular weight excluding hydrogens is 492 g/mol. The van der Waals surface area contributed by atoms with Crippen LogP contribution in [-0.4, -0.2) is 71.6 Å². The van der Waals surface area contributed by atoms with E-state index >= 15 is 0 Å². The molecule has 1 aliphatic rings. The number of benzene rings is 1. The zero-order valence-corrected chi connectivity index (χ0v) is 21.6. The molecule has 0 bridgehead atoms. The molecule has 11 heteroatoms. The highest BCUT2D eigenvalue weighted by Crippen LogP contribution is 2.31. The van der Waals surface area contributed by atoms with E-state index in [1.165, 1.54) is 11.3 Å². The van der Waals surface area contributed by atoms with Crippen LogP contribution in [0.2, 0.25) is 0 Å². The minimum absolute atomic E-state index is 0.0110. The number of aromatic nitrogens is 2. The van der Waals surface area contributed by atoms with Crippen LogP contribution >= 0.6 is 11.3 Å². The van der Waals surface area contributed by atoms with Crippen molar-refractivity contribution in [3.05, 3.63) is 71.0 Å². The average molecular weight is 523 g/mol. The molecule has 3 heterocycles. The lowest BCUT2D eigenvalue weighted by atomic mass is 10.1. The van der Waals surface area contributed by atoms with Crippen molar-refractivity contribution in [3.8, 4) is 0 Å². The molecule has 0 aliphatic carbocycles. The molecule has 2 amide bonds. The predicted molar refractivity (Wildman–Crippen MR) is 143 cm³/mol. The largest absolute Gasteiger partial charge is 0.480 e. The second kappa shape index (κ2) is 11.8. The van der Waals surface area contributed by atoms with Crippen molar-refractivity contribution in [1.29, 1.82) is 0 Å². The number of hydrogen-bond acceptors (Lipinski definition) is 8. The van der Waals surface area contributed by atoms with Crippen molar-refractivity contribution in [1.82, 2.24) is 20.6 Å². The second-order valence-corrected chi connectivity index (χ2v) is 9.96. The number of thiazole rings is 1. The first kappa shape index (κ1) is 26.1. The van der Waals surface area contributed by atoms with Crippen LogP contribution in [0.5, 0.6) is 0 Å². The Morgan fingerprint density at radius 2 is 1.62 bits per heavy atom. The maximum absolute atomic E-state index is 13.1. The van der Waals surface area contributed by atoms with Crippen molar-refractivity contribution in [2.24, 2.45) is 0 Å². The summed E-state index contributed by atoms with van der Waals surface area (Å²) in [5.74, 6) is -2.14. The molecule has 4 rings (SSSR count). The molecule has 1 atom stereocenters. The second-order valence-electron chi connectivity index (χ2n) is 8.99. The van der Waals surface area contributed by atoms with Crippen molar-refractivity contribution >= 4 is 39.9 Å². The number of hydrogen-bond donors (Lipinski definition) is 3. The number of aliphatic carboxylic acids is 1. The molecular formula is C26H30N6O4S. The average Bonchev–Trinajstić information content (AvgIpc) is 3.38. The number of carboxylic acid groups (broad SMARTS) is 1. The minimum atomic E-state index is -1.27. The third-order valence-corrected chi connectivity index (χ3v) is 7.21. The summed E-state index contributed by atoms with van der Waals surface area (Å²) < 4.78 is 0. The summed E-state index contributed by atoms with van der Waals surface area (Å²) in [7, 11) is 0. The number of carbonyl (C=O) groups excluding carboxylic acids is 2. The van der Waals surface area contributed by atoms with Gasteiger partial charge in [-0.25, -0.2) is 9.78 Å². The molecule has 0 spiro atoms. The van der Waals surface area contributed by atoms with Gasteiger partial charge in [0.05, 0.1) is 5.69 Å². The van der Waals surface area contributed by atoms with Gasteiger partial charge in [0.25, 0.3) is 11.8 Å². The van der Waals surface area contributed by atoms with E-state index in [1.54, 1.807) is 42.7 Å². The number of rotatable bonds is 9. The van der Waals surface area contributed by atoms with E-state index in [1.807, 2.05) is 26.0 Å². The predicted octanol–water partition coefficient (Wildman–Crippen LogP) is 2.60. The third kappa shape index (κ3) is 6.42. The zero-order chi connectivity index (χ0) is 26.4. The van der Waals surface area contributed by atoms with E-state index in [0.29, 0.717) is 16.1 Å². The van der Waals surface area contributed by atoms with E-state index < -0.39 is 23.8 Å². The van der Waals surface area contributed by atoms with Gasteiger partial charge in [-0.15, -0.1) is 0 Å². The van der Waals surface area contributed by atoms with Crippen molar-refractivity contribution < 1.29 is 19.5 Å². The number of pyridine rings is 1. The maximum Gasteiger partial charge on any atom is 0.328 e. The van der Waals surface area contributed by atoms with Gasteiger partial charge in [-0.3, -0.25) is 14.6 Å². The Bertz CT molecular complexity index is 1230. The van der Waals surface area contributed by atoms with E-state index in [4.69, 9.17) is 4.98 Å². The summed E-state index contributed by atoms with van der Waals surface area (Å²) in [5.41, 5.74) is 2.15. The molecule has 37 heavy (non-hydrogen) atoms. The first-order chi connectivity index (χ1) is 17.8. The Morgan fingerprint density at radius 3 is 2.24 bits per heavy atom. The van der Waals surface area contributed by atoms with E-state index in [9.17, 15) is 19.5 Å². The third-order valence-electron chi connectivity index (χ3n) is 6.08. The Morgan fingerprint density at radius 1 is 0.973 bits per heavy atom. The molecule has 1 aromatic carbocycles. The normalized spacial score (nSPS) is 14.4. The first-order valence-corrected chi connectivity index (χ1v) is 12.9. The summed E-state index contributed by atoms with van der Waals surface area (Å²) in [6.07, 6.45) is 3.56. The summed E-state index contributed by atoms with van der Waals surface area (Å²) in [4.78, 5) is 51.0. The van der Waals surface area contributed by atoms with Gasteiger partial charge in [0, 0.05) is 56.4 Å². The number of carbonyl (C=O) groups is 3. The van der Waals surface area contributed by atoms with Crippen molar-refractivity contribution in [3.63, 3.8) is 0 Å². The minimum Gasteiger partial charge on any atom is -0.480 e. The lowest BCUT2D eigenvalue weighted by Gasteiger charge is -2.35. The Labute approximate surface area is 219 Å². The lowest BCUT2D eigenvalue weighted by molar-refractivity contribution is -0.139. The molecule has 10 nitrogen and oxygen atoms in total. The summed E-state index contributed by atoms with van der Waals surface area (Å²) >= 11 is 1.31. The SMILES string of the molecule is CC(C)c1nc(N2CCN(c3ccncc3)CC2)sc1C(=O)NCC(NC(=O)c1ccccc1)C(=O)O. The van der Waals surface area contributed by atoms with Gasteiger partial charge in [0.15, 0.2) is 5.13 Å². The molecule has 1 unspecified atom stereocenters. The number of anilines is 2. The van der Waals surface area contributed by atoms with Crippen LogP contribution in [0.3, 0.4) is 0 Å². The zero-order valence-electron chi connectivity index (χ0n) is 20.8. The monoisotopic (exact) mass is 522 g/mol. The van der Waals surface area contributed by atoms with Gasteiger partial charge < -0.3 is 25.5 Å². The van der Waals surface area contributed by atoms with E-state index in [2.05, 4.69) is 25.4 Å². The quantitative estimate of drug-likeness (QED) is 0.391. The Kier molecular flexibility index (Phi) is 8.34. The molecule has 1 aliphatic heterocycles. The highest BCUT2D eigenvalue weighted by molar-refractivity contribution is 7.17. The van der Waals surface area contributed by atoms with Crippen LogP contribution in [0, 0.1) is 0 Å². The number of nitrogens with one attached hydrogen (secondary N) is 2. The molecule has 194 valence electrons. The Balaban J connectivity index is 1.40. The van der Waals surface area contributed by atoms with Gasteiger partial charge in [0.1, 0.15) is 10.9 Å². The number of nitrogens with zero attached hydrogens (tertiary/aromatic N) is 4. The molecule has 0 saturated carbocycles. The maximum atomic E-state index is 13.1. The topological polar surface area (TPSA) is 128 Å². The smallest absolute Gasteiger partial charge is 0.328 e. The summed E-state index contributed by atoms with van der Waals surface area (Å²) in [5, 5.41) is 15.5. The van der Waals surface area contributed by atoms with Gasteiger partial charge in [-0.05, 0) is 30.2 Å². The lowest BCUT2D eigenvalue weighted by Crippen LogP contribution is -2.48. The number of piperazine rings is 1. The van der Waals surface area contributed by atoms with Crippen LogP contribution in [0.25, 0.3) is 0 Å². The van der Waals surface area contributed by atoms with Gasteiger partial charge in [0.2, 0.25) is 0 Å². The summed E-state index contributed by atoms with van der Waals surface area (Å²) in [6.45, 7) is 6.87. The first-order valence-electron chi connectivity index (χ1n) is 12.1. The molecule has 1 fully saturated rings. The van der Waals surface area contributed by atoms with E-state index in [0.717, 1.165) is 37.0 Å². The van der Waals surface area contributed by atoms with Crippen LogP contribution in [-0.2, 0) is 4.79 Å². The van der Waals surface area contributed by atoms with Crippen LogP contribution in [0.1, 0.15) is 45.5 Å². The van der Waals surface area contributed by atoms with Crippen molar-refractivity contribution in [2.45, 2.75) is 25.8 Å². The van der Waals surface area contributed by atoms with Crippen LogP contribution < -0.4 is 20.4 Å². The molecule has 0 radical (unpaired) electrons. The number of amides is 2. The van der Waals surface area contributed by atoms with Gasteiger partial charge >= 0.3 is 5.97 Å². The van der Waals surface area contributed by atoms with Gasteiger partial charge in [-0.1, -0.05) is 43.4 Å². The number of carboxylic acids is 1. The fourth-order valence-corrected chi connectivity index (χ4v) is 5.22. The highest BCUT2D eigenvalue weighted by Gasteiger charge is 2.27. The van der Waals surface area contributed by atoms with Crippen LogP contribution in [0.15, 0.2) is 54.9 Å². The standard InChI is InChI=1S/C26H30N6O4S/c1-17(2)21-22(24(34)28-16-20(25(35)36)29-23(33)18-6-4-3-5-7-18)37-26(30-21)32-14-12-31(13-15-32)19-8-10-27-11-9-19/h3-11,17,20H,12-16H2,1-2H3,(H,28,34)(H,29,33)(H,35,36). The fourth-order valence-electron chi connectivity index (χ4n) is 4.03. The molecule has 2 aromatic heterocycles.